The third kappa shape index (κ3) is 9.58. The Balaban J connectivity index is 1.05. The van der Waals surface area contributed by atoms with Gasteiger partial charge in [0.2, 0.25) is 0 Å². The monoisotopic (exact) mass is 1220 g/mol. The summed E-state index contributed by atoms with van der Waals surface area (Å²) in [7, 11) is 0. The van der Waals surface area contributed by atoms with E-state index in [1.165, 1.54) is 22.3 Å². The lowest BCUT2D eigenvalue weighted by atomic mass is 9.79. The Labute approximate surface area is 547 Å². The molecule has 5 aromatic heterocycles. The van der Waals surface area contributed by atoms with E-state index in [2.05, 4.69) is 286 Å². The van der Waals surface area contributed by atoms with Crippen LogP contribution in [0.5, 0.6) is 0 Å². The van der Waals surface area contributed by atoms with Crippen molar-refractivity contribution in [3.8, 4) is 73.9 Å². The van der Waals surface area contributed by atoms with Gasteiger partial charge in [0.25, 0.3) is 0 Å². The molecule has 0 bridgehead atoms. The smallest absolute Gasteiger partial charge is 0.164 e. The molecule has 94 heavy (non-hydrogen) atoms. The minimum atomic E-state index is -0.165. The van der Waals surface area contributed by atoms with Gasteiger partial charge in [0.15, 0.2) is 17.5 Å². The molecule has 0 unspecified atom stereocenters. The highest BCUT2D eigenvalue weighted by Gasteiger charge is 2.29. The highest BCUT2D eigenvalue weighted by atomic mass is 16.3. The number of hydrogen-bond donors (Lipinski definition) is 0. The summed E-state index contributed by atoms with van der Waals surface area (Å²) in [4.78, 5) is 16.9. The van der Waals surface area contributed by atoms with E-state index < -0.39 is 0 Å². The maximum absolute atomic E-state index is 10.4. The molecule has 0 aliphatic rings. The molecule has 0 aliphatic carbocycles. The van der Waals surface area contributed by atoms with E-state index in [0.29, 0.717) is 23.0 Å². The van der Waals surface area contributed by atoms with E-state index in [0.717, 1.165) is 138 Å². The standard InChI is InChI=1S/C86H72N6O2/c1-83(2,3)56-41-54(42-57(47-56)84(4,5)6)81-88-80(89-82(90-81)55-43-58(85(7,8)9)48-59(44-55)86(10,11)12)53-33-37-71(92-69-29-18-14-27-65(69)77-73(92)39-35-63-61-25-16-20-31-75(61)94-79(63)77)67(46-53)66-45-52(51-23-21-22-50(40-51)49-87)32-36-70(66)91-68-28-17-13-26-64(68)76-72(91)38-34-62-60-24-15-19-30-74(60)93-78(62)76/h13-48H,1-12H3. The Kier molecular flexibility index (Phi) is 13.1. The quantitative estimate of drug-likeness (QED) is 0.158. The van der Waals surface area contributed by atoms with Gasteiger partial charge in [-0.05, 0) is 170 Å². The second kappa shape index (κ2) is 21.1. The molecule has 0 N–H and O–H groups in total. The number of aromatic nitrogens is 5. The van der Waals surface area contributed by atoms with Crippen LogP contribution in [-0.2, 0) is 21.7 Å². The van der Waals surface area contributed by atoms with Crippen molar-refractivity contribution >= 4 is 87.5 Å². The van der Waals surface area contributed by atoms with Crippen LogP contribution in [0.1, 0.15) is 111 Å². The van der Waals surface area contributed by atoms with E-state index in [9.17, 15) is 5.26 Å². The van der Waals surface area contributed by atoms with Crippen molar-refractivity contribution in [3.05, 3.63) is 246 Å². The van der Waals surface area contributed by atoms with Gasteiger partial charge in [0, 0.05) is 60.1 Å². The van der Waals surface area contributed by atoms with Crippen molar-refractivity contribution in [3.63, 3.8) is 0 Å². The highest BCUT2D eigenvalue weighted by Crippen LogP contribution is 2.48. The van der Waals surface area contributed by atoms with Gasteiger partial charge in [-0.1, -0.05) is 186 Å². The first-order chi connectivity index (χ1) is 45.0. The van der Waals surface area contributed by atoms with Gasteiger partial charge in [-0.3, -0.25) is 0 Å². The van der Waals surface area contributed by atoms with Crippen LogP contribution >= 0.6 is 0 Å². The fourth-order valence-electron chi connectivity index (χ4n) is 14.0. The molecule has 0 saturated carbocycles. The summed E-state index contributed by atoms with van der Waals surface area (Å²) in [5.41, 5.74) is 20.5. The number of nitriles is 1. The largest absolute Gasteiger partial charge is 0.455 e. The molecule has 0 aliphatic heterocycles. The third-order valence-electron chi connectivity index (χ3n) is 19.2. The average molecular weight is 1220 g/mol. The molecule has 0 saturated heterocycles. The number of para-hydroxylation sites is 4. The summed E-state index contributed by atoms with van der Waals surface area (Å²) in [5, 5.41) is 18.9. The lowest BCUT2D eigenvalue weighted by molar-refractivity contribution is 0.568. The Hall–Kier alpha value is -10.9. The van der Waals surface area contributed by atoms with E-state index >= 15 is 0 Å². The first-order valence-corrected chi connectivity index (χ1v) is 32.6. The van der Waals surface area contributed by atoms with Gasteiger partial charge >= 0.3 is 0 Å². The van der Waals surface area contributed by atoms with E-state index in [4.69, 9.17) is 23.8 Å². The predicted molar refractivity (Wildman–Crippen MR) is 390 cm³/mol. The van der Waals surface area contributed by atoms with Gasteiger partial charge in [-0.2, -0.15) is 5.26 Å². The van der Waals surface area contributed by atoms with Crippen molar-refractivity contribution in [1.82, 2.24) is 24.1 Å². The van der Waals surface area contributed by atoms with Crippen molar-refractivity contribution in [1.29, 1.82) is 5.26 Å². The van der Waals surface area contributed by atoms with Crippen LogP contribution in [0.25, 0.3) is 155 Å². The van der Waals surface area contributed by atoms with Crippen molar-refractivity contribution in [2.45, 2.75) is 105 Å². The van der Waals surface area contributed by atoms with Crippen molar-refractivity contribution in [2.24, 2.45) is 0 Å². The Morgan fingerprint density at radius 3 is 1.14 bits per heavy atom. The number of fused-ring (bicyclic) bond motifs is 14. The Bertz CT molecular complexity index is 5710. The van der Waals surface area contributed by atoms with Crippen molar-refractivity contribution < 1.29 is 8.83 Å². The zero-order chi connectivity index (χ0) is 64.9. The topological polar surface area (TPSA) is 98.6 Å². The highest BCUT2D eigenvalue weighted by molar-refractivity contribution is 6.25. The summed E-state index contributed by atoms with van der Waals surface area (Å²) < 4.78 is 18.7. The zero-order valence-corrected chi connectivity index (χ0v) is 55.3. The molecular formula is C86H72N6O2. The minimum absolute atomic E-state index is 0.165. The van der Waals surface area contributed by atoms with E-state index in [1.54, 1.807) is 0 Å². The Morgan fingerprint density at radius 1 is 0.319 bits per heavy atom. The SMILES string of the molecule is CC(C)(C)c1cc(-c2nc(-c3cc(C(C)(C)C)cc(C(C)(C)C)c3)nc(-c3ccc(-n4c5ccccc5c5c6oc7ccccc7c6ccc54)c(-c4cc(-c5cccc(C#N)c5)ccc4-n4c5ccccc5c5c6oc7ccccc7c6ccc54)c3)n2)cc(C(C)(C)C)c1. The molecule has 8 heteroatoms. The lowest BCUT2D eigenvalue weighted by Crippen LogP contribution is -2.17. The molecule has 458 valence electrons. The molecule has 11 aromatic carbocycles. The fraction of sp³-hybridized carbons (Fsp3) is 0.186. The van der Waals surface area contributed by atoms with Crippen LogP contribution in [0.4, 0.5) is 0 Å². The molecule has 8 nitrogen and oxygen atoms in total. The van der Waals surface area contributed by atoms with Crippen LogP contribution in [0.15, 0.2) is 227 Å². The maximum Gasteiger partial charge on any atom is 0.164 e. The summed E-state index contributed by atoms with van der Waals surface area (Å²) in [6, 6.07) is 80.6. The molecule has 0 atom stereocenters. The van der Waals surface area contributed by atoms with Crippen molar-refractivity contribution in [2.75, 3.05) is 0 Å². The fourth-order valence-corrected chi connectivity index (χ4v) is 14.0. The van der Waals surface area contributed by atoms with Gasteiger partial charge < -0.3 is 18.0 Å². The van der Waals surface area contributed by atoms with E-state index in [1.807, 2.05) is 30.3 Å². The van der Waals surface area contributed by atoms with Gasteiger partial charge in [-0.15, -0.1) is 0 Å². The zero-order valence-electron chi connectivity index (χ0n) is 55.3. The molecule has 16 rings (SSSR count). The number of rotatable bonds is 7. The molecule has 0 fully saturated rings. The third-order valence-corrected chi connectivity index (χ3v) is 19.2. The normalized spacial score (nSPS) is 12.7. The number of furan rings is 2. The van der Waals surface area contributed by atoms with Gasteiger partial charge in [-0.25, -0.2) is 15.0 Å². The van der Waals surface area contributed by atoms with Gasteiger partial charge in [0.1, 0.15) is 22.3 Å². The molecular weight excluding hydrogens is 1150 g/mol. The molecule has 5 heterocycles. The van der Waals surface area contributed by atoms with Crippen LogP contribution in [0.3, 0.4) is 0 Å². The second-order valence-electron chi connectivity index (χ2n) is 29.6. The van der Waals surface area contributed by atoms with E-state index in [-0.39, 0.29) is 21.7 Å². The minimum Gasteiger partial charge on any atom is -0.455 e. The summed E-state index contributed by atoms with van der Waals surface area (Å²) in [6.07, 6.45) is 0. The molecule has 0 amide bonds. The predicted octanol–water partition coefficient (Wildman–Crippen LogP) is 23.3. The average Bonchev–Trinajstić information content (AvgIpc) is 1.53. The number of nitrogens with zero attached hydrogens (tertiary/aromatic N) is 6. The Morgan fingerprint density at radius 2 is 0.702 bits per heavy atom. The van der Waals surface area contributed by atoms with Crippen LogP contribution in [0.2, 0.25) is 0 Å². The summed E-state index contributed by atoms with van der Waals surface area (Å²) in [6.45, 7) is 27.3. The number of benzene rings is 11. The summed E-state index contributed by atoms with van der Waals surface area (Å²) in [5.74, 6) is 1.74. The maximum atomic E-state index is 10.4. The molecule has 0 spiro atoms. The van der Waals surface area contributed by atoms with Crippen LogP contribution < -0.4 is 0 Å². The first kappa shape index (κ1) is 58.2. The first-order valence-electron chi connectivity index (χ1n) is 32.6. The lowest BCUT2D eigenvalue weighted by Gasteiger charge is -2.26. The second-order valence-corrected chi connectivity index (χ2v) is 29.6. The summed E-state index contributed by atoms with van der Waals surface area (Å²) >= 11 is 0. The molecule has 16 aromatic rings. The molecule has 0 radical (unpaired) electrons. The van der Waals surface area contributed by atoms with Crippen LogP contribution in [-0.4, -0.2) is 24.1 Å². The van der Waals surface area contributed by atoms with Crippen LogP contribution in [0, 0.1) is 11.3 Å². The number of hydrogen-bond acceptors (Lipinski definition) is 6. The van der Waals surface area contributed by atoms with Gasteiger partial charge in [0.05, 0.1) is 55.8 Å².